The number of rotatable bonds is 2. The Morgan fingerprint density at radius 3 is 2.40 bits per heavy atom. The van der Waals surface area contributed by atoms with E-state index in [4.69, 9.17) is 5.14 Å². The fourth-order valence-corrected chi connectivity index (χ4v) is 0.746. The summed E-state index contributed by atoms with van der Waals surface area (Å²) in [5.41, 5.74) is 4.61. The standard InChI is InChI=1S/C2H6N4O2S2/c3-1(7)5-2(8)6-10-9-4/h4H2,(H4,3,5,6,7,8). The first kappa shape index (κ1) is 9.40. The van der Waals surface area contributed by atoms with E-state index in [-0.39, 0.29) is 0 Å². The second-order valence-electron chi connectivity index (χ2n) is 1.10. The highest BCUT2D eigenvalue weighted by molar-refractivity contribution is 8.75. The summed E-state index contributed by atoms with van der Waals surface area (Å²) in [5, 5.41) is 6.71. The van der Waals surface area contributed by atoms with Gasteiger partial charge in [0.1, 0.15) is 0 Å². The first-order chi connectivity index (χ1) is 4.66. The van der Waals surface area contributed by atoms with Crippen LogP contribution >= 0.6 is 22.0 Å². The molecule has 0 saturated carbocycles. The van der Waals surface area contributed by atoms with Crippen LogP contribution in [0, 0.1) is 0 Å². The van der Waals surface area contributed by atoms with Crippen LogP contribution < -0.4 is 20.9 Å². The zero-order valence-corrected chi connectivity index (χ0v) is 6.42. The molecule has 0 rings (SSSR count). The summed E-state index contributed by atoms with van der Waals surface area (Å²) in [4.78, 5) is 20.4. The van der Waals surface area contributed by atoms with Gasteiger partial charge in [-0.2, -0.15) is 0 Å². The van der Waals surface area contributed by atoms with E-state index in [0.29, 0.717) is 0 Å². The highest BCUT2D eigenvalue weighted by atomic mass is 33.1. The monoisotopic (exact) mass is 182 g/mol. The molecule has 4 amide bonds. The largest absolute Gasteiger partial charge is 0.351 e. The number of hydrogen-bond donors (Lipinski definition) is 4. The van der Waals surface area contributed by atoms with Crippen LogP contribution in [0.25, 0.3) is 0 Å². The minimum atomic E-state index is -0.903. The van der Waals surface area contributed by atoms with Gasteiger partial charge < -0.3 is 5.73 Å². The van der Waals surface area contributed by atoms with Crippen molar-refractivity contribution in [2.75, 3.05) is 0 Å². The third-order valence-corrected chi connectivity index (χ3v) is 1.32. The maximum absolute atomic E-state index is 10.4. The lowest BCUT2D eigenvalue weighted by Gasteiger charge is -1.98. The molecule has 0 aliphatic heterocycles. The van der Waals surface area contributed by atoms with Gasteiger partial charge in [-0.3, -0.25) is 15.2 Å². The fraction of sp³-hybridized carbons (Fsp3) is 0. The van der Waals surface area contributed by atoms with Crippen LogP contribution in [0.1, 0.15) is 0 Å². The topological polar surface area (TPSA) is 110 Å². The number of nitrogens with one attached hydrogen (secondary N) is 2. The van der Waals surface area contributed by atoms with Gasteiger partial charge in [-0.15, -0.1) is 0 Å². The summed E-state index contributed by atoms with van der Waals surface area (Å²) < 4.78 is 2.17. The Morgan fingerprint density at radius 2 is 2.00 bits per heavy atom. The maximum Gasteiger partial charge on any atom is 0.333 e. The molecule has 10 heavy (non-hydrogen) atoms. The van der Waals surface area contributed by atoms with Crippen molar-refractivity contribution in [2.45, 2.75) is 0 Å². The average Bonchev–Trinajstić information content (AvgIpc) is 1.82. The van der Waals surface area contributed by atoms with Crippen LogP contribution in [0.15, 0.2) is 0 Å². The molecule has 0 heterocycles. The number of urea groups is 2. The van der Waals surface area contributed by atoms with Crippen LogP contribution in [-0.4, -0.2) is 12.1 Å². The lowest BCUT2D eigenvalue weighted by Crippen LogP contribution is -2.39. The van der Waals surface area contributed by atoms with E-state index in [2.05, 4.69) is 10.5 Å². The van der Waals surface area contributed by atoms with Crippen LogP contribution in [0.3, 0.4) is 0 Å². The lowest BCUT2D eigenvalue weighted by molar-refractivity contribution is 0.235. The molecule has 0 spiro atoms. The molecular formula is C2H6N4O2S2. The highest BCUT2D eigenvalue weighted by Gasteiger charge is 2.00. The molecule has 6 N–H and O–H groups in total. The van der Waals surface area contributed by atoms with Crippen LogP contribution in [0.4, 0.5) is 9.59 Å². The maximum atomic E-state index is 10.4. The molecular weight excluding hydrogens is 176 g/mol. The summed E-state index contributed by atoms with van der Waals surface area (Å²) in [6.45, 7) is 0. The number of imide groups is 1. The van der Waals surface area contributed by atoms with Crippen LogP contribution in [0.5, 0.6) is 0 Å². The summed E-state index contributed by atoms with van der Waals surface area (Å²) in [7, 11) is 1.73. The van der Waals surface area contributed by atoms with Crippen molar-refractivity contribution < 1.29 is 9.59 Å². The molecule has 0 radical (unpaired) electrons. The second kappa shape index (κ2) is 5.21. The van der Waals surface area contributed by atoms with Gasteiger partial charge in [0.25, 0.3) is 0 Å². The Morgan fingerprint density at radius 1 is 1.40 bits per heavy atom. The van der Waals surface area contributed by atoms with Crippen molar-refractivity contribution >= 4 is 34.0 Å². The molecule has 0 aromatic carbocycles. The Balaban J connectivity index is 3.35. The fourth-order valence-electron chi connectivity index (χ4n) is 0.199. The van der Waals surface area contributed by atoms with Gasteiger partial charge in [0, 0.05) is 22.0 Å². The second-order valence-corrected chi connectivity index (χ2v) is 2.74. The first-order valence-electron chi connectivity index (χ1n) is 2.05. The number of amides is 4. The molecule has 0 aliphatic carbocycles. The number of nitrogens with two attached hydrogens (primary N) is 2. The van der Waals surface area contributed by atoms with Gasteiger partial charge in [0.2, 0.25) is 0 Å². The van der Waals surface area contributed by atoms with Gasteiger partial charge in [-0.05, 0) is 0 Å². The quantitative estimate of drug-likeness (QED) is 0.341. The number of carbonyl (C=O) groups is 2. The summed E-state index contributed by atoms with van der Waals surface area (Å²) >= 11 is 0. The van der Waals surface area contributed by atoms with Crippen molar-refractivity contribution in [3.8, 4) is 0 Å². The zero-order chi connectivity index (χ0) is 7.98. The minimum Gasteiger partial charge on any atom is -0.351 e. The molecule has 0 aromatic heterocycles. The number of carbonyl (C=O) groups excluding carboxylic acids is 2. The van der Waals surface area contributed by atoms with E-state index in [1.807, 2.05) is 0 Å². The van der Waals surface area contributed by atoms with E-state index in [1.54, 1.807) is 5.32 Å². The molecule has 0 unspecified atom stereocenters. The van der Waals surface area contributed by atoms with E-state index in [1.165, 1.54) is 0 Å². The van der Waals surface area contributed by atoms with Crippen molar-refractivity contribution in [3.05, 3.63) is 0 Å². The third-order valence-electron chi connectivity index (χ3n) is 0.419. The molecule has 0 atom stereocenters. The first-order valence-corrected chi connectivity index (χ1v) is 4.27. The average molecular weight is 182 g/mol. The molecule has 0 bridgehead atoms. The Labute approximate surface area is 65.1 Å². The van der Waals surface area contributed by atoms with Gasteiger partial charge >= 0.3 is 12.1 Å². The number of hydrogen-bond acceptors (Lipinski definition) is 5. The van der Waals surface area contributed by atoms with E-state index >= 15 is 0 Å². The predicted molar refractivity (Wildman–Crippen MR) is 40.6 cm³/mol. The van der Waals surface area contributed by atoms with Crippen molar-refractivity contribution in [1.82, 2.24) is 10.0 Å². The smallest absolute Gasteiger partial charge is 0.333 e. The molecule has 0 aliphatic rings. The minimum absolute atomic E-state index is 0.685. The van der Waals surface area contributed by atoms with Gasteiger partial charge in [0.15, 0.2) is 0 Å². The third kappa shape index (κ3) is 5.54. The molecule has 6 nitrogen and oxygen atoms in total. The highest BCUT2D eigenvalue weighted by Crippen LogP contribution is 2.05. The Kier molecular flexibility index (Phi) is 4.89. The molecule has 0 saturated heterocycles. The SMILES string of the molecule is NSSNC(=O)NC(N)=O. The van der Waals surface area contributed by atoms with Gasteiger partial charge in [0.05, 0.1) is 0 Å². The molecule has 0 aromatic rings. The van der Waals surface area contributed by atoms with Crippen molar-refractivity contribution in [1.29, 1.82) is 0 Å². The Bertz CT molecular complexity index is 139. The van der Waals surface area contributed by atoms with Crippen LogP contribution in [-0.2, 0) is 0 Å². The van der Waals surface area contributed by atoms with Crippen molar-refractivity contribution in [3.63, 3.8) is 0 Å². The summed E-state index contributed by atoms with van der Waals surface area (Å²) in [6, 6.07) is -1.59. The number of primary amides is 1. The van der Waals surface area contributed by atoms with Crippen LogP contribution in [0.2, 0.25) is 0 Å². The molecule has 58 valence electrons. The lowest BCUT2D eigenvalue weighted by atomic mass is 10.9. The van der Waals surface area contributed by atoms with E-state index < -0.39 is 12.1 Å². The predicted octanol–water partition coefficient (Wildman–Crippen LogP) is -0.466. The molecule has 8 heteroatoms. The summed E-state index contributed by atoms with van der Waals surface area (Å²) in [5.74, 6) is 0. The van der Waals surface area contributed by atoms with E-state index in [0.717, 1.165) is 22.0 Å². The normalized spacial score (nSPS) is 8.50. The molecule has 0 fully saturated rings. The van der Waals surface area contributed by atoms with Gasteiger partial charge in [-0.25, -0.2) is 9.59 Å². The summed E-state index contributed by atoms with van der Waals surface area (Å²) in [6.07, 6.45) is 0. The Hall–Kier alpha value is -0.600. The van der Waals surface area contributed by atoms with Gasteiger partial charge in [-0.1, -0.05) is 0 Å². The van der Waals surface area contributed by atoms with Crippen molar-refractivity contribution in [2.24, 2.45) is 10.9 Å². The zero-order valence-electron chi connectivity index (χ0n) is 4.79. The van der Waals surface area contributed by atoms with E-state index in [9.17, 15) is 9.59 Å².